The molecule has 2 aromatic rings. The van der Waals surface area contributed by atoms with Crippen LogP contribution >= 0.6 is 0 Å². The van der Waals surface area contributed by atoms with E-state index in [0.717, 1.165) is 0 Å². The van der Waals surface area contributed by atoms with E-state index in [0.29, 0.717) is 11.3 Å². The van der Waals surface area contributed by atoms with Gasteiger partial charge in [-0.05, 0) is 36.8 Å². The molecular formula is C18H19FN2O3. The van der Waals surface area contributed by atoms with Crippen LogP contribution in [0.3, 0.4) is 0 Å². The van der Waals surface area contributed by atoms with Crippen molar-refractivity contribution < 1.29 is 18.7 Å². The highest BCUT2D eigenvalue weighted by Gasteiger charge is 2.14. The molecule has 0 unspecified atom stereocenters. The van der Waals surface area contributed by atoms with Gasteiger partial charge in [-0.25, -0.2) is 4.39 Å². The zero-order valence-electron chi connectivity index (χ0n) is 13.8. The summed E-state index contributed by atoms with van der Waals surface area (Å²) in [6, 6.07) is 11.0. The molecule has 0 aromatic heterocycles. The number of likely N-dealkylation sites (N-methyl/N-ethyl adjacent to an activating group) is 1. The average molecular weight is 330 g/mol. The van der Waals surface area contributed by atoms with Gasteiger partial charge in [0.2, 0.25) is 0 Å². The Labute approximate surface area is 140 Å². The second-order valence-corrected chi connectivity index (χ2v) is 5.49. The van der Waals surface area contributed by atoms with Crippen LogP contribution in [0.4, 0.5) is 10.1 Å². The Balaban J connectivity index is 2.14. The molecule has 0 heterocycles. The smallest absolute Gasteiger partial charge is 0.259 e. The number of carbonyl (C=O) groups excluding carboxylic acids is 2. The van der Waals surface area contributed by atoms with Gasteiger partial charge < -0.3 is 15.0 Å². The molecule has 0 spiro atoms. The second kappa shape index (κ2) is 7.59. The molecule has 5 nitrogen and oxygen atoms in total. The van der Waals surface area contributed by atoms with Gasteiger partial charge in [0.1, 0.15) is 11.6 Å². The number of carbonyl (C=O) groups is 2. The van der Waals surface area contributed by atoms with E-state index in [2.05, 4.69) is 5.32 Å². The van der Waals surface area contributed by atoms with Crippen LogP contribution < -0.4 is 10.1 Å². The number of rotatable bonds is 5. The van der Waals surface area contributed by atoms with E-state index in [1.807, 2.05) is 0 Å². The van der Waals surface area contributed by atoms with Gasteiger partial charge in [-0.1, -0.05) is 18.2 Å². The van der Waals surface area contributed by atoms with E-state index in [-0.39, 0.29) is 23.8 Å². The number of benzene rings is 2. The molecule has 6 heteroatoms. The van der Waals surface area contributed by atoms with Crippen LogP contribution in [0.2, 0.25) is 0 Å². The van der Waals surface area contributed by atoms with E-state index in [9.17, 15) is 14.0 Å². The third-order valence-corrected chi connectivity index (χ3v) is 3.41. The number of nitrogens with zero attached hydrogens (tertiary/aromatic N) is 1. The number of ether oxygens (including phenoxy) is 1. The zero-order valence-corrected chi connectivity index (χ0v) is 13.8. The van der Waals surface area contributed by atoms with Gasteiger partial charge in [0.15, 0.2) is 6.61 Å². The molecule has 0 aliphatic heterocycles. The molecule has 2 aromatic carbocycles. The first-order valence-electron chi connectivity index (χ1n) is 7.38. The van der Waals surface area contributed by atoms with Crippen LogP contribution in [0.1, 0.15) is 15.9 Å². The largest absolute Gasteiger partial charge is 0.483 e. The molecule has 2 rings (SSSR count). The van der Waals surface area contributed by atoms with Crippen LogP contribution in [0.15, 0.2) is 42.5 Å². The maximum absolute atomic E-state index is 13.6. The summed E-state index contributed by atoms with van der Waals surface area (Å²) >= 11 is 0. The van der Waals surface area contributed by atoms with Crippen LogP contribution in [-0.2, 0) is 4.79 Å². The van der Waals surface area contributed by atoms with Gasteiger partial charge in [0.25, 0.3) is 11.8 Å². The predicted octanol–water partition coefficient (Wildman–Crippen LogP) is 2.85. The number of para-hydroxylation sites is 1. The number of aryl methyl sites for hydroxylation is 1. The van der Waals surface area contributed by atoms with E-state index < -0.39 is 11.7 Å². The molecule has 0 radical (unpaired) electrons. The Hall–Kier alpha value is -2.89. The van der Waals surface area contributed by atoms with Crippen LogP contribution in [0, 0.1) is 12.7 Å². The van der Waals surface area contributed by atoms with Crippen molar-refractivity contribution in [2.75, 3.05) is 26.0 Å². The third-order valence-electron chi connectivity index (χ3n) is 3.41. The lowest BCUT2D eigenvalue weighted by molar-refractivity contribution is -0.130. The molecular weight excluding hydrogens is 311 g/mol. The summed E-state index contributed by atoms with van der Waals surface area (Å²) in [5, 5.41) is 2.62. The minimum absolute atomic E-state index is 0.170. The Morgan fingerprint density at radius 2 is 1.88 bits per heavy atom. The number of hydrogen-bond acceptors (Lipinski definition) is 3. The summed E-state index contributed by atoms with van der Waals surface area (Å²) in [6.45, 7) is 1.47. The highest BCUT2D eigenvalue weighted by Crippen LogP contribution is 2.21. The van der Waals surface area contributed by atoms with Crippen LogP contribution in [0.5, 0.6) is 5.75 Å². The van der Waals surface area contributed by atoms with E-state index in [4.69, 9.17) is 4.74 Å². The summed E-state index contributed by atoms with van der Waals surface area (Å²) in [4.78, 5) is 25.4. The molecule has 24 heavy (non-hydrogen) atoms. The first-order chi connectivity index (χ1) is 11.4. The summed E-state index contributed by atoms with van der Waals surface area (Å²) in [6.07, 6.45) is 0. The van der Waals surface area contributed by atoms with Crippen molar-refractivity contribution >= 4 is 17.5 Å². The molecule has 0 saturated heterocycles. The minimum atomic E-state index is -0.439. The quantitative estimate of drug-likeness (QED) is 0.917. The maximum atomic E-state index is 13.6. The van der Waals surface area contributed by atoms with Crippen molar-refractivity contribution in [3.8, 4) is 5.75 Å². The van der Waals surface area contributed by atoms with E-state index >= 15 is 0 Å². The second-order valence-electron chi connectivity index (χ2n) is 5.49. The minimum Gasteiger partial charge on any atom is -0.483 e. The van der Waals surface area contributed by atoms with Crippen molar-refractivity contribution in [3.63, 3.8) is 0 Å². The lowest BCUT2D eigenvalue weighted by Crippen LogP contribution is -2.28. The summed E-state index contributed by atoms with van der Waals surface area (Å²) < 4.78 is 19.0. The third kappa shape index (κ3) is 4.32. The first-order valence-corrected chi connectivity index (χ1v) is 7.38. The number of amides is 2. The molecule has 0 atom stereocenters. The number of hydrogen-bond donors (Lipinski definition) is 1. The zero-order chi connectivity index (χ0) is 17.7. The van der Waals surface area contributed by atoms with Crippen molar-refractivity contribution in [2.24, 2.45) is 0 Å². The number of anilines is 1. The van der Waals surface area contributed by atoms with E-state index in [1.165, 1.54) is 11.0 Å². The Morgan fingerprint density at radius 3 is 2.54 bits per heavy atom. The van der Waals surface area contributed by atoms with Gasteiger partial charge in [0, 0.05) is 19.8 Å². The predicted molar refractivity (Wildman–Crippen MR) is 89.7 cm³/mol. The van der Waals surface area contributed by atoms with E-state index in [1.54, 1.807) is 57.4 Å². The Bertz CT molecular complexity index is 760. The molecule has 0 saturated carbocycles. The first kappa shape index (κ1) is 17.5. The standard InChI is InChI=1S/C18H19FN2O3/c1-12-8-9-13(10-15(12)19)20-18(23)14-6-4-5-7-16(14)24-11-17(22)21(2)3/h4-10H,11H2,1-3H3,(H,20,23). The lowest BCUT2D eigenvalue weighted by Gasteiger charge is -2.14. The average Bonchev–Trinajstić information content (AvgIpc) is 2.56. The van der Waals surface area contributed by atoms with Crippen molar-refractivity contribution in [2.45, 2.75) is 6.92 Å². The topological polar surface area (TPSA) is 58.6 Å². The fourth-order valence-corrected chi connectivity index (χ4v) is 1.92. The molecule has 0 fully saturated rings. The van der Waals surface area contributed by atoms with Crippen molar-refractivity contribution in [1.82, 2.24) is 4.90 Å². The van der Waals surface area contributed by atoms with Gasteiger partial charge >= 0.3 is 0 Å². The molecule has 0 aliphatic rings. The number of halogens is 1. The van der Waals surface area contributed by atoms with Crippen molar-refractivity contribution in [1.29, 1.82) is 0 Å². The maximum Gasteiger partial charge on any atom is 0.259 e. The fraction of sp³-hybridized carbons (Fsp3) is 0.222. The van der Waals surface area contributed by atoms with Crippen LogP contribution in [-0.4, -0.2) is 37.4 Å². The highest BCUT2D eigenvalue weighted by atomic mass is 19.1. The van der Waals surface area contributed by atoms with Gasteiger partial charge in [-0.2, -0.15) is 0 Å². The SMILES string of the molecule is Cc1ccc(NC(=O)c2ccccc2OCC(=O)N(C)C)cc1F. The van der Waals surface area contributed by atoms with Crippen molar-refractivity contribution in [3.05, 3.63) is 59.4 Å². The summed E-state index contributed by atoms with van der Waals surface area (Å²) in [5.74, 6) is -0.760. The Kier molecular flexibility index (Phi) is 5.52. The van der Waals surface area contributed by atoms with Crippen LogP contribution in [0.25, 0.3) is 0 Å². The lowest BCUT2D eigenvalue weighted by atomic mass is 10.1. The number of nitrogens with one attached hydrogen (secondary N) is 1. The van der Waals surface area contributed by atoms with Gasteiger partial charge in [-0.3, -0.25) is 9.59 Å². The normalized spacial score (nSPS) is 10.2. The fourth-order valence-electron chi connectivity index (χ4n) is 1.92. The highest BCUT2D eigenvalue weighted by molar-refractivity contribution is 6.06. The van der Waals surface area contributed by atoms with Gasteiger partial charge in [0.05, 0.1) is 5.56 Å². The molecule has 1 N–H and O–H groups in total. The molecule has 0 bridgehead atoms. The monoisotopic (exact) mass is 330 g/mol. The Morgan fingerprint density at radius 1 is 1.17 bits per heavy atom. The summed E-state index contributed by atoms with van der Waals surface area (Å²) in [7, 11) is 3.24. The molecule has 2 amide bonds. The van der Waals surface area contributed by atoms with Gasteiger partial charge in [-0.15, -0.1) is 0 Å². The molecule has 126 valence electrons. The summed E-state index contributed by atoms with van der Waals surface area (Å²) in [5.41, 5.74) is 1.12. The molecule has 0 aliphatic carbocycles.